The van der Waals surface area contributed by atoms with E-state index in [4.69, 9.17) is 4.74 Å². The smallest absolute Gasteiger partial charge is 0.239 e. The van der Waals surface area contributed by atoms with Gasteiger partial charge in [0, 0.05) is 40.1 Å². The Morgan fingerprint density at radius 1 is 1.72 bits per heavy atom. The van der Waals surface area contributed by atoms with Gasteiger partial charge in [0.2, 0.25) is 5.91 Å². The van der Waals surface area contributed by atoms with Gasteiger partial charge in [-0.2, -0.15) is 0 Å². The number of imidazole rings is 1. The molecule has 0 spiro atoms. The van der Waals surface area contributed by atoms with Crippen LogP contribution >= 0.6 is 0 Å². The molecule has 100 valence electrons. The molecular formula is C12H20N4O2. The van der Waals surface area contributed by atoms with Crippen molar-refractivity contribution in [2.45, 2.75) is 25.1 Å². The molecule has 1 aliphatic rings. The van der Waals surface area contributed by atoms with Crippen LogP contribution < -0.4 is 5.32 Å². The van der Waals surface area contributed by atoms with E-state index >= 15 is 0 Å². The van der Waals surface area contributed by atoms with Gasteiger partial charge in [-0.15, -0.1) is 0 Å². The highest BCUT2D eigenvalue weighted by atomic mass is 16.5. The number of nitrogens with one attached hydrogen (secondary N) is 1. The zero-order chi connectivity index (χ0) is 13.1. The number of amides is 1. The molecule has 2 unspecified atom stereocenters. The van der Waals surface area contributed by atoms with E-state index in [2.05, 4.69) is 10.3 Å². The number of nitrogens with zero attached hydrogens (tertiary/aromatic N) is 3. The summed E-state index contributed by atoms with van der Waals surface area (Å²) in [5, 5.41) is 3.19. The first-order valence-corrected chi connectivity index (χ1v) is 6.09. The number of likely N-dealkylation sites (N-methyl/N-ethyl adjacent to an activating group) is 1. The maximum atomic E-state index is 12.2. The van der Waals surface area contributed by atoms with Crippen molar-refractivity contribution in [3.63, 3.8) is 0 Å². The normalized spacial score (nSPS) is 23.3. The number of rotatable bonds is 4. The van der Waals surface area contributed by atoms with Gasteiger partial charge in [-0.05, 0) is 6.42 Å². The van der Waals surface area contributed by atoms with Gasteiger partial charge in [0.15, 0.2) is 0 Å². The van der Waals surface area contributed by atoms with E-state index in [1.54, 1.807) is 25.3 Å². The van der Waals surface area contributed by atoms with Crippen molar-refractivity contribution in [2.75, 3.05) is 20.7 Å². The highest BCUT2D eigenvalue weighted by molar-refractivity contribution is 5.82. The topological polar surface area (TPSA) is 59.4 Å². The van der Waals surface area contributed by atoms with E-state index in [1.165, 1.54) is 0 Å². The van der Waals surface area contributed by atoms with E-state index in [-0.39, 0.29) is 18.1 Å². The molecule has 1 N–H and O–H groups in total. The molecule has 0 radical (unpaired) electrons. The number of aromatic nitrogens is 2. The third-order valence-electron chi connectivity index (χ3n) is 3.40. The second kappa shape index (κ2) is 5.49. The molecular weight excluding hydrogens is 232 g/mol. The Morgan fingerprint density at radius 2 is 2.50 bits per heavy atom. The Kier molecular flexibility index (Phi) is 3.98. The van der Waals surface area contributed by atoms with E-state index in [9.17, 15) is 4.79 Å². The maximum Gasteiger partial charge on any atom is 0.239 e. The lowest BCUT2D eigenvalue weighted by atomic mass is 10.2. The van der Waals surface area contributed by atoms with Crippen LogP contribution in [0.15, 0.2) is 12.4 Å². The van der Waals surface area contributed by atoms with Crippen molar-refractivity contribution in [1.82, 2.24) is 19.8 Å². The molecule has 2 heterocycles. The van der Waals surface area contributed by atoms with Crippen LogP contribution in [0.25, 0.3) is 0 Å². The van der Waals surface area contributed by atoms with Crippen molar-refractivity contribution in [1.29, 1.82) is 0 Å². The number of carbonyl (C=O) groups is 1. The van der Waals surface area contributed by atoms with Crippen LogP contribution in [-0.4, -0.2) is 53.2 Å². The van der Waals surface area contributed by atoms with Crippen LogP contribution in [0.5, 0.6) is 0 Å². The maximum absolute atomic E-state index is 12.2. The summed E-state index contributed by atoms with van der Waals surface area (Å²) in [5.41, 5.74) is 0. The Balaban J connectivity index is 1.91. The number of aryl methyl sites for hydroxylation is 1. The van der Waals surface area contributed by atoms with Crippen LogP contribution in [0.1, 0.15) is 12.2 Å². The average Bonchev–Trinajstić information content (AvgIpc) is 2.98. The quantitative estimate of drug-likeness (QED) is 0.803. The fourth-order valence-corrected chi connectivity index (χ4v) is 2.18. The second-order valence-electron chi connectivity index (χ2n) is 4.70. The van der Waals surface area contributed by atoms with Crippen LogP contribution in [0.3, 0.4) is 0 Å². The molecule has 1 aliphatic heterocycles. The summed E-state index contributed by atoms with van der Waals surface area (Å²) in [5.74, 6) is 0.977. The number of hydrogen-bond donors (Lipinski definition) is 1. The van der Waals surface area contributed by atoms with Gasteiger partial charge < -0.3 is 19.5 Å². The molecule has 1 aromatic rings. The molecule has 1 saturated heterocycles. The fourth-order valence-electron chi connectivity index (χ4n) is 2.18. The predicted octanol–water partition coefficient (Wildman–Crippen LogP) is -0.245. The molecule has 6 nitrogen and oxygen atoms in total. The summed E-state index contributed by atoms with van der Waals surface area (Å²) in [6.07, 6.45) is 4.49. The molecule has 0 bridgehead atoms. The van der Waals surface area contributed by atoms with Crippen molar-refractivity contribution in [2.24, 2.45) is 7.05 Å². The van der Waals surface area contributed by atoms with Gasteiger partial charge in [0.05, 0.1) is 18.7 Å². The summed E-state index contributed by atoms with van der Waals surface area (Å²) in [7, 11) is 5.41. The molecule has 1 fully saturated rings. The Labute approximate surface area is 107 Å². The van der Waals surface area contributed by atoms with Gasteiger partial charge >= 0.3 is 0 Å². The molecule has 6 heteroatoms. The number of hydrogen-bond acceptors (Lipinski definition) is 4. The molecule has 1 amide bonds. The summed E-state index contributed by atoms with van der Waals surface area (Å²) >= 11 is 0. The third kappa shape index (κ3) is 2.70. The zero-order valence-electron chi connectivity index (χ0n) is 11.1. The number of ether oxygens (including phenoxy) is 1. The van der Waals surface area contributed by atoms with Crippen molar-refractivity contribution < 1.29 is 9.53 Å². The standard InChI is InChI=1S/C12H20N4O2/c1-15-5-4-13-11(15)8-16(2)12(17)10-6-9(18-3)7-14-10/h4-5,9-10,14H,6-8H2,1-3H3. The summed E-state index contributed by atoms with van der Waals surface area (Å²) in [6.45, 7) is 1.27. The lowest BCUT2D eigenvalue weighted by molar-refractivity contribution is -0.132. The molecule has 1 aromatic heterocycles. The Bertz CT molecular complexity index is 418. The average molecular weight is 252 g/mol. The second-order valence-corrected chi connectivity index (χ2v) is 4.70. The van der Waals surface area contributed by atoms with Gasteiger partial charge in [-0.3, -0.25) is 4.79 Å². The van der Waals surface area contributed by atoms with Crippen molar-refractivity contribution in [3.05, 3.63) is 18.2 Å². The number of carbonyl (C=O) groups excluding carboxylic acids is 1. The molecule has 0 aliphatic carbocycles. The van der Waals surface area contributed by atoms with Crippen LogP contribution in [0.4, 0.5) is 0 Å². The van der Waals surface area contributed by atoms with Gasteiger partial charge in [0.25, 0.3) is 0 Å². The van der Waals surface area contributed by atoms with E-state index < -0.39 is 0 Å². The molecule has 18 heavy (non-hydrogen) atoms. The summed E-state index contributed by atoms with van der Waals surface area (Å²) in [4.78, 5) is 18.1. The lowest BCUT2D eigenvalue weighted by Crippen LogP contribution is -2.41. The van der Waals surface area contributed by atoms with Gasteiger partial charge in [0.1, 0.15) is 5.82 Å². The minimum absolute atomic E-state index is 0.0950. The van der Waals surface area contributed by atoms with Crippen LogP contribution in [0, 0.1) is 0 Å². The molecule has 0 aromatic carbocycles. The van der Waals surface area contributed by atoms with E-state index in [1.807, 2.05) is 17.8 Å². The lowest BCUT2D eigenvalue weighted by Gasteiger charge is -2.20. The highest BCUT2D eigenvalue weighted by Crippen LogP contribution is 2.12. The van der Waals surface area contributed by atoms with Gasteiger partial charge in [-0.1, -0.05) is 0 Å². The third-order valence-corrected chi connectivity index (χ3v) is 3.40. The fraction of sp³-hybridized carbons (Fsp3) is 0.667. The summed E-state index contributed by atoms with van der Waals surface area (Å²) in [6, 6.07) is -0.139. The molecule has 2 atom stereocenters. The SMILES string of the molecule is COC1CNC(C(=O)N(C)Cc2nccn2C)C1. The Hall–Kier alpha value is -1.40. The zero-order valence-corrected chi connectivity index (χ0v) is 11.1. The Morgan fingerprint density at radius 3 is 3.06 bits per heavy atom. The first-order chi connectivity index (χ1) is 8.61. The van der Waals surface area contributed by atoms with Gasteiger partial charge in [-0.25, -0.2) is 4.98 Å². The molecule has 2 rings (SSSR count). The minimum Gasteiger partial charge on any atom is -0.380 e. The highest BCUT2D eigenvalue weighted by Gasteiger charge is 2.31. The van der Waals surface area contributed by atoms with Crippen molar-refractivity contribution in [3.8, 4) is 0 Å². The molecule has 0 saturated carbocycles. The first kappa shape index (κ1) is 13.0. The van der Waals surface area contributed by atoms with Crippen LogP contribution in [-0.2, 0) is 23.1 Å². The van der Waals surface area contributed by atoms with E-state index in [0.29, 0.717) is 6.54 Å². The predicted molar refractivity (Wildman–Crippen MR) is 66.9 cm³/mol. The number of methoxy groups -OCH3 is 1. The summed E-state index contributed by atoms with van der Waals surface area (Å²) < 4.78 is 7.17. The minimum atomic E-state index is -0.139. The van der Waals surface area contributed by atoms with Crippen molar-refractivity contribution >= 4 is 5.91 Å². The monoisotopic (exact) mass is 252 g/mol. The van der Waals surface area contributed by atoms with Crippen LogP contribution in [0.2, 0.25) is 0 Å². The first-order valence-electron chi connectivity index (χ1n) is 6.09. The largest absolute Gasteiger partial charge is 0.380 e. The van der Waals surface area contributed by atoms with E-state index in [0.717, 1.165) is 18.8 Å².